The van der Waals surface area contributed by atoms with Gasteiger partial charge in [-0.1, -0.05) is 35.9 Å². The number of carbonyl (C=O) groups excluding carboxylic acids is 1. The van der Waals surface area contributed by atoms with Gasteiger partial charge in [-0.25, -0.2) is 0 Å². The van der Waals surface area contributed by atoms with E-state index in [9.17, 15) is 4.79 Å². The van der Waals surface area contributed by atoms with E-state index in [0.29, 0.717) is 35.0 Å². The van der Waals surface area contributed by atoms with Crippen LogP contribution in [0.4, 0.5) is 0 Å². The van der Waals surface area contributed by atoms with E-state index < -0.39 is 5.54 Å². The van der Waals surface area contributed by atoms with Crippen molar-refractivity contribution in [2.75, 3.05) is 13.2 Å². The van der Waals surface area contributed by atoms with E-state index in [4.69, 9.17) is 16.3 Å². The first-order valence-corrected chi connectivity index (χ1v) is 9.26. The van der Waals surface area contributed by atoms with Gasteiger partial charge in [0.25, 0.3) is 5.91 Å². The average molecular weight is 385 g/mol. The summed E-state index contributed by atoms with van der Waals surface area (Å²) in [7, 11) is 0. The molecule has 0 fully saturated rings. The molecule has 1 aliphatic heterocycles. The predicted octanol–water partition coefficient (Wildman–Crippen LogP) is 3.36. The molecule has 0 saturated carbocycles. The largest absolute Gasteiger partial charge is 0.491 e. The van der Waals surface area contributed by atoms with Crippen molar-refractivity contribution in [2.45, 2.75) is 25.9 Å². The van der Waals surface area contributed by atoms with Gasteiger partial charge < -0.3 is 15.4 Å². The van der Waals surface area contributed by atoms with Gasteiger partial charge in [-0.05, 0) is 26.0 Å². The summed E-state index contributed by atoms with van der Waals surface area (Å²) in [4.78, 5) is 13.1. The highest BCUT2D eigenvalue weighted by molar-refractivity contribution is 6.35. The van der Waals surface area contributed by atoms with Crippen molar-refractivity contribution in [3.05, 3.63) is 58.2 Å². The van der Waals surface area contributed by atoms with E-state index >= 15 is 0 Å². The van der Waals surface area contributed by atoms with Crippen molar-refractivity contribution in [2.24, 2.45) is 0 Å². The lowest BCUT2D eigenvalue weighted by Crippen LogP contribution is -2.41. The highest BCUT2D eigenvalue weighted by Crippen LogP contribution is 2.31. The standard InChI is InChI=1S/C20H21ClN4O2/c1-20(2,18-13-6-4-8-15(21)16(13)24-25-18)23-19(26)14-7-3-5-12-11-22-9-10-27-17(12)14/h3-8,22H,9-11H2,1-2H3,(H,23,26)(H,24,25). The van der Waals surface area contributed by atoms with Crippen LogP contribution in [0.25, 0.3) is 10.9 Å². The SMILES string of the molecule is CC(C)(NC(=O)c1cccc2c1OCCNC2)c1[nH]nc2c(Cl)cccc12. The summed E-state index contributed by atoms with van der Waals surface area (Å²) in [5.74, 6) is 0.455. The number of H-pyrrole nitrogens is 1. The zero-order chi connectivity index (χ0) is 19.0. The minimum atomic E-state index is -0.678. The van der Waals surface area contributed by atoms with Gasteiger partial charge in [0, 0.05) is 24.0 Å². The maximum absolute atomic E-state index is 13.1. The van der Waals surface area contributed by atoms with Crippen LogP contribution in [-0.2, 0) is 12.1 Å². The number of hydrogen-bond donors (Lipinski definition) is 3. The fourth-order valence-electron chi connectivity index (χ4n) is 3.41. The number of amides is 1. The topological polar surface area (TPSA) is 79.0 Å². The van der Waals surface area contributed by atoms with Crippen molar-refractivity contribution >= 4 is 28.4 Å². The van der Waals surface area contributed by atoms with E-state index in [2.05, 4.69) is 20.8 Å². The quantitative estimate of drug-likeness (QED) is 0.647. The molecular formula is C20H21ClN4O2. The number of halogens is 1. The van der Waals surface area contributed by atoms with Gasteiger partial charge in [0.2, 0.25) is 0 Å². The zero-order valence-electron chi connectivity index (χ0n) is 15.2. The number of nitrogens with one attached hydrogen (secondary N) is 3. The summed E-state index contributed by atoms with van der Waals surface area (Å²) < 4.78 is 5.83. The minimum absolute atomic E-state index is 0.191. The Balaban J connectivity index is 1.67. The third-order valence-electron chi connectivity index (χ3n) is 4.77. The zero-order valence-corrected chi connectivity index (χ0v) is 16.0. The second kappa shape index (κ2) is 6.87. The predicted molar refractivity (Wildman–Crippen MR) is 105 cm³/mol. The van der Waals surface area contributed by atoms with Crippen LogP contribution in [0.3, 0.4) is 0 Å². The molecule has 2 heterocycles. The molecule has 0 aliphatic carbocycles. The molecule has 4 rings (SSSR count). The van der Waals surface area contributed by atoms with E-state index in [1.807, 2.05) is 38.1 Å². The molecule has 3 N–H and O–H groups in total. The van der Waals surface area contributed by atoms with E-state index in [-0.39, 0.29) is 5.91 Å². The Labute approximate surface area is 162 Å². The molecular weight excluding hydrogens is 364 g/mol. The number of aromatic amines is 1. The van der Waals surface area contributed by atoms with Crippen molar-refractivity contribution in [3.8, 4) is 5.75 Å². The summed E-state index contributed by atoms with van der Waals surface area (Å²) in [5, 5.41) is 15.2. The highest BCUT2D eigenvalue weighted by Gasteiger charge is 2.29. The Bertz CT molecular complexity index is 1010. The van der Waals surface area contributed by atoms with Gasteiger partial charge in [-0.3, -0.25) is 9.89 Å². The highest BCUT2D eigenvalue weighted by atomic mass is 35.5. The lowest BCUT2D eigenvalue weighted by Gasteiger charge is -2.26. The number of nitrogens with zero attached hydrogens (tertiary/aromatic N) is 1. The lowest BCUT2D eigenvalue weighted by molar-refractivity contribution is 0.0907. The molecule has 27 heavy (non-hydrogen) atoms. The molecule has 0 radical (unpaired) electrons. The first-order valence-electron chi connectivity index (χ1n) is 8.88. The lowest BCUT2D eigenvalue weighted by atomic mass is 9.96. The van der Waals surface area contributed by atoms with Crippen molar-refractivity contribution in [1.29, 1.82) is 0 Å². The van der Waals surface area contributed by atoms with Crippen LogP contribution >= 0.6 is 11.6 Å². The van der Waals surface area contributed by atoms with Gasteiger partial charge in [0.05, 0.1) is 21.8 Å². The molecule has 0 unspecified atom stereocenters. The minimum Gasteiger partial charge on any atom is -0.491 e. The second-order valence-corrected chi connectivity index (χ2v) is 7.54. The maximum atomic E-state index is 13.1. The Hall–Kier alpha value is -2.57. The maximum Gasteiger partial charge on any atom is 0.255 e. The van der Waals surface area contributed by atoms with E-state index in [1.54, 1.807) is 12.1 Å². The average Bonchev–Trinajstić information content (AvgIpc) is 2.94. The Morgan fingerprint density at radius 2 is 2.07 bits per heavy atom. The number of fused-ring (bicyclic) bond motifs is 2. The number of carbonyl (C=O) groups is 1. The normalized spacial score (nSPS) is 14.3. The second-order valence-electron chi connectivity index (χ2n) is 7.13. The number of benzene rings is 2. The van der Waals surface area contributed by atoms with Gasteiger partial charge in [-0.15, -0.1) is 0 Å². The van der Waals surface area contributed by atoms with Crippen LogP contribution in [0.2, 0.25) is 5.02 Å². The van der Waals surface area contributed by atoms with Crippen molar-refractivity contribution in [3.63, 3.8) is 0 Å². The van der Waals surface area contributed by atoms with Gasteiger partial charge in [-0.2, -0.15) is 5.10 Å². The smallest absolute Gasteiger partial charge is 0.255 e. The summed E-state index contributed by atoms with van der Waals surface area (Å²) in [5.41, 5.74) is 2.34. The Morgan fingerprint density at radius 3 is 2.93 bits per heavy atom. The van der Waals surface area contributed by atoms with Crippen molar-refractivity contribution in [1.82, 2.24) is 20.8 Å². The summed E-state index contributed by atoms with van der Waals surface area (Å²) in [6.45, 7) is 5.83. The van der Waals surface area contributed by atoms with Gasteiger partial charge in [0.1, 0.15) is 17.9 Å². The first-order chi connectivity index (χ1) is 13.0. The Kier molecular flexibility index (Phi) is 4.53. The molecule has 140 valence electrons. The summed E-state index contributed by atoms with van der Waals surface area (Å²) in [6, 6.07) is 11.3. The van der Waals surface area contributed by atoms with Crippen LogP contribution in [0.1, 0.15) is 35.5 Å². The summed E-state index contributed by atoms with van der Waals surface area (Å²) >= 11 is 6.22. The van der Waals surface area contributed by atoms with Crippen LogP contribution in [-0.4, -0.2) is 29.3 Å². The molecule has 0 bridgehead atoms. The number of rotatable bonds is 3. The summed E-state index contributed by atoms with van der Waals surface area (Å²) in [6.07, 6.45) is 0. The first kappa shape index (κ1) is 17.8. The molecule has 7 heteroatoms. The third-order valence-corrected chi connectivity index (χ3v) is 5.07. The van der Waals surface area contributed by atoms with Crippen LogP contribution in [0.15, 0.2) is 36.4 Å². The number of hydrogen-bond acceptors (Lipinski definition) is 4. The number of para-hydroxylation sites is 2. The Morgan fingerprint density at radius 1 is 1.26 bits per heavy atom. The molecule has 0 atom stereocenters. The molecule has 2 aromatic carbocycles. The monoisotopic (exact) mass is 384 g/mol. The molecule has 1 aromatic heterocycles. The molecule has 3 aromatic rings. The molecule has 1 amide bonds. The van der Waals surface area contributed by atoms with Crippen LogP contribution in [0, 0.1) is 0 Å². The molecule has 1 aliphatic rings. The molecule has 0 saturated heterocycles. The van der Waals surface area contributed by atoms with Crippen LogP contribution in [0.5, 0.6) is 5.75 Å². The fraction of sp³-hybridized carbons (Fsp3) is 0.300. The van der Waals surface area contributed by atoms with Crippen molar-refractivity contribution < 1.29 is 9.53 Å². The third kappa shape index (κ3) is 3.26. The van der Waals surface area contributed by atoms with Gasteiger partial charge >= 0.3 is 0 Å². The molecule has 0 spiro atoms. The van der Waals surface area contributed by atoms with Gasteiger partial charge in [0.15, 0.2) is 0 Å². The van der Waals surface area contributed by atoms with E-state index in [1.165, 1.54) is 0 Å². The fourth-order valence-corrected chi connectivity index (χ4v) is 3.63. The molecule has 6 nitrogen and oxygen atoms in total. The number of aromatic nitrogens is 2. The van der Waals surface area contributed by atoms with Crippen LogP contribution < -0.4 is 15.4 Å². The number of ether oxygens (including phenoxy) is 1. The van der Waals surface area contributed by atoms with E-state index in [0.717, 1.165) is 23.2 Å².